The molecule has 5 nitrogen and oxygen atoms in total. The lowest BCUT2D eigenvalue weighted by Crippen LogP contribution is -2.42. The standard InChI is InChI=1S/C18H29ClN4O/c1-6-20-16(24)18(4,5)12-22-17(21-7-2)23-13(3)14-8-10-15(19)11-9-14/h8-11,13H,6-7,12H2,1-5H3,(H,20,24)(H2,21,22,23). The molecule has 6 heteroatoms. The Labute approximate surface area is 150 Å². The van der Waals surface area contributed by atoms with Gasteiger partial charge in [-0.3, -0.25) is 9.79 Å². The molecule has 0 fully saturated rings. The Bertz CT molecular complexity index is 555. The van der Waals surface area contributed by atoms with Gasteiger partial charge in [0.2, 0.25) is 5.91 Å². The minimum atomic E-state index is -0.554. The van der Waals surface area contributed by atoms with Crippen molar-refractivity contribution in [3.05, 3.63) is 34.9 Å². The van der Waals surface area contributed by atoms with Crippen LogP contribution in [0, 0.1) is 5.41 Å². The van der Waals surface area contributed by atoms with Gasteiger partial charge in [0.15, 0.2) is 5.96 Å². The summed E-state index contributed by atoms with van der Waals surface area (Å²) in [7, 11) is 0. The van der Waals surface area contributed by atoms with Crippen molar-refractivity contribution in [2.75, 3.05) is 19.6 Å². The number of amides is 1. The Kier molecular flexibility index (Phi) is 8.05. The molecule has 0 radical (unpaired) electrons. The smallest absolute Gasteiger partial charge is 0.227 e. The van der Waals surface area contributed by atoms with Crippen LogP contribution in [0.3, 0.4) is 0 Å². The van der Waals surface area contributed by atoms with Crippen molar-refractivity contribution >= 4 is 23.5 Å². The quantitative estimate of drug-likeness (QED) is 0.521. The molecule has 0 heterocycles. The lowest BCUT2D eigenvalue weighted by molar-refractivity contribution is -0.128. The average molecular weight is 353 g/mol. The number of aliphatic imine (C=N–C) groups is 1. The van der Waals surface area contributed by atoms with E-state index < -0.39 is 5.41 Å². The van der Waals surface area contributed by atoms with Crippen molar-refractivity contribution in [2.24, 2.45) is 10.4 Å². The van der Waals surface area contributed by atoms with Gasteiger partial charge in [0.25, 0.3) is 0 Å². The number of halogens is 1. The number of nitrogens with zero attached hydrogens (tertiary/aromatic N) is 1. The normalized spacial score (nSPS) is 13.3. The zero-order valence-corrected chi connectivity index (χ0v) is 16.0. The van der Waals surface area contributed by atoms with Crippen molar-refractivity contribution < 1.29 is 4.79 Å². The molecule has 0 bridgehead atoms. The first-order chi connectivity index (χ1) is 11.3. The third-order valence-corrected chi connectivity index (χ3v) is 3.90. The van der Waals surface area contributed by atoms with Crippen LogP contribution in [0.4, 0.5) is 0 Å². The van der Waals surface area contributed by atoms with Crippen molar-refractivity contribution in [2.45, 2.75) is 40.7 Å². The van der Waals surface area contributed by atoms with Crippen LogP contribution < -0.4 is 16.0 Å². The van der Waals surface area contributed by atoms with E-state index in [0.717, 1.165) is 17.1 Å². The summed E-state index contributed by atoms with van der Waals surface area (Å²) in [6.07, 6.45) is 0. The van der Waals surface area contributed by atoms with Crippen LogP contribution in [0.25, 0.3) is 0 Å². The summed E-state index contributed by atoms with van der Waals surface area (Å²) in [5, 5.41) is 10.2. The summed E-state index contributed by atoms with van der Waals surface area (Å²) in [4.78, 5) is 16.7. The number of rotatable bonds is 7. The first kappa shape index (κ1) is 20.3. The van der Waals surface area contributed by atoms with Gasteiger partial charge in [-0.2, -0.15) is 0 Å². The van der Waals surface area contributed by atoms with Crippen LogP contribution in [0.5, 0.6) is 0 Å². The van der Waals surface area contributed by atoms with E-state index in [9.17, 15) is 4.79 Å². The maximum absolute atomic E-state index is 12.1. The number of nitrogens with one attached hydrogen (secondary N) is 3. The van der Waals surface area contributed by atoms with Crippen LogP contribution in [-0.2, 0) is 4.79 Å². The maximum Gasteiger partial charge on any atom is 0.227 e. The molecule has 1 aromatic carbocycles. The van der Waals surface area contributed by atoms with E-state index in [1.54, 1.807) is 0 Å². The summed E-state index contributed by atoms with van der Waals surface area (Å²) in [6.45, 7) is 11.6. The highest BCUT2D eigenvalue weighted by atomic mass is 35.5. The Morgan fingerprint density at radius 3 is 2.29 bits per heavy atom. The van der Waals surface area contributed by atoms with Crippen LogP contribution in [0.2, 0.25) is 5.02 Å². The molecule has 0 aromatic heterocycles. The molecule has 0 saturated heterocycles. The van der Waals surface area contributed by atoms with E-state index in [1.165, 1.54) is 0 Å². The van der Waals surface area contributed by atoms with E-state index in [2.05, 4.69) is 27.9 Å². The van der Waals surface area contributed by atoms with Gasteiger partial charge >= 0.3 is 0 Å². The molecule has 134 valence electrons. The molecule has 1 unspecified atom stereocenters. The highest BCUT2D eigenvalue weighted by Gasteiger charge is 2.27. The van der Waals surface area contributed by atoms with Crippen molar-refractivity contribution in [1.82, 2.24) is 16.0 Å². The van der Waals surface area contributed by atoms with Gasteiger partial charge in [0.05, 0.1) is 18.0 Å². The number of hydrogen-bond acceptors (Lipinski definition) is 2. The van der Waals surface area contributed by atoms with Crippen LogP contribution >= 0.6 is 11.6 Å². The number of carbonyl (C=O) groups excluding carboxylic acids is 1. The third-order valence-electron chi connectivity index (χ3n) is 3.65. The van der Waals surface area contributed by atoms with E-state index in [-0.39, 0.29) is 11.9 Å². The molecule has 0 spiro atoms. The molecule has 0 aliphatic rings. The Hall–Kier alpha value is -1.75. The fraction of sp³-hybridized carbons (Fsp3) is 0.556. The van der Waals surface area contributed by atoms with Gasteiger partial charge in [-0.05, 0) is 52.3 Å². The molecular weight excluding hydrogens is 324 g/mol. The first-order valence-corrected chi connectivity index (χ1v) is 8.76. The number of benzene rings is 1. The van der Waals surface area contributed by atoms with Crippen LogP contribution in [-0.4, -0.2) is 31.5 Å². The summed E-state index contributed by atoms with van der Waals surface area (Å²) < 4.78 is 0. The second kappa shape index (κ2) is 9.52. The lowest BCUT2D eigenvalue weighted by Gasteiger charge is -2.23. The Balaban J connectivity index is 2.78. The van der Waals surface area contributed by atoms with Crippen molar-refractivity contribution in [3.8, 4) is 0 Å². The highest BCUT2D eigenvalue weighted by molar-refractivity contribution is 6.30. The minimum Gasteiger partial charge on any atom is -0.357 e. The minimum absolute atomic E-state index is 0.00958. The number of hydrogen-bond donors (Lipinski definition) is 3. The third kappa shape index (κ3) is 6.40. The predicted octanol–water partition coefficient (Wildman–Crippen LogP) is 3.12. The summed E-state index contributed by atoms with van der Waals surface area (Å²) in [5.41, 5.74) is 0.565. The van der Waals surface area contributed by atoms with E-state index in [0.29, 0.717) is 19.0 Å². The largest absolute Gasteiger partial charge is 0.357 e. The summed E-state index contributed by atoms with van der Waals surface area (Å²) in [5.74, 6) is 0.702. The van der Waals surface area contributed by atoms with Crippen molar-refractivity contribution in [1.29, 1.82) is 0 Å². The molecule has 1 atom stereocenters. The molecule has 1 aromatic rings. The molecule has 0 aliphatic carbocycles. The van der Waals surface area contributed by atoms with Crippen LogP contribution in [0.1, 0.15) is 46.2 Å². The van der Waals surface area contributed by atoms with Gasteiger partial charge < -0.3 is 16.0 Å². The molecule has 0 saturated carbocycles. The van der Waals surface area contributed by atoms with Gasteiger partial charge in [-0.15, -0.1) is 0 Å². The number of carbonyl (C=O) groups is 1. The zero-order chi connectivity index (χ0) is 18.2. The molecule has 24 heavy (non-hydrogen) atoms. The second-order valence-corrected chi connectivity index (χ2v) is 6.79. The molecular formula is C18H29ClN4O. The van der Waals surface area contributed by atoms with Gasteiger partial charge in [0.1, 0.15) is 0 Å². The monoisotopic (exact) mass is 352 g/mol. The highest BCUT2D eigenvalue weighted by Crippen LogP contribution is 2.17. The van der Waals surface area contributed by atoms with E-state index in [4.69, 9.17) is 11.6 Å². The van der Waals surface area contributed by atoms with Gasteiger partial charge in [0, 0.05) is 18.1 Å². The van der Waals surface area contributed by atoms with Crippen molar-refractivity contribution in [3.63, 3.8) is 0 Å². The maximum atomic E-state index is 12.1. The van der Waals surface area contributed by atoms with Crippen LogP contribution in [0.15, 0.2) is 29.3 Å². The topological polar surface area (TPSA) is 65.5 Å². The lowest BCUT2D eigenvalue weighted by atomic mass is 9.92. The van der Waals surface area contributed by atoms with E-state index >= 15 is 0 Å². The fourth-order valence-electron chi connectivity index (χ4n) is 2.11. The Morgan fingerprint density at radius 2 is 1.75 bits per heavy atom. The average Bonchev–Trinajstić information content (AvgIpc) is 2.53. The Morgan fingerprint density at radius 1 is 1.17 bits per heavy atom. The zero-order valence-electron chi connectivity index (χ0n) is 15.2. The first-order valence-electron chi connectivity index (χ1n) is 8.38. The summed E-state index contributed by atoms with van der Waals surface area (Å²) in [6, 6.07) is 7.80. The van der Waals surface area contributed by atoms with Gasteiger partial charge in [-0.1, -0.05) is 23.7 Å². The van der Waals surface area contributed by atoms with Gasteiger partial charge in [-0.25, -0.2) is 0 Å². The van der Waals surface area contributed by atoms with E-state index in [1.807, 2.05) is 52.0 Å². The molecule has 1 amide bonds. The fourth-order valence-corrected chi connectivity index (χ4v) is 2.23. The predicted molar refractivity (Wildman–Crippen MR) is 101 cm³/mol. The molecule has 3 N–H and O–H groups in total. The second-order valence-electron chi connectivity index (χ2n) is 6.36. The summed E-state index contributed by atoms with van der Waals surface area (Å²) >= 11 is 5.93. The molecule has 1 rings (SSSR count). The SMILES string of the molecule is CCNC(=O)C(C)(C)CN=C(NCC)NC(C)c1ccc(Cl)cc1. The molecule has 0 aliphatic heterocycles. The number of guanidine groups is 1.